The van der Waals surface area contributed by atoms with E-state index in [-0.39, 0.29) is 4.65 Å². The van der Waals surface area contributed by atoms with Crippen LogP contribution >= 0.6 is 0 Å². The van der Waals surface area contributed by atoms with Crippen molar-refractivity contribution in [2.45, 2.75) is 26.7 Å². The predicted molar refractivity (Wildman–Crippen MR) is 50.4 cm³/mol. The van der Waals surface area contributed by atoms with Crippen LogP contribution in [0.4, 0.5) is 0 Å². The summed E-state index contributed by atoms with van der Waals surface area (Å²) in [4.78, 5) is 2.28. The molecule has 0 aromatic heterocycles. The topological polar surface area (TPSA) is 26.3 Å². The molecule has 1 heterocycles. The average Bonchev–Trinajstić information content (AvgIpc) is 2.34. The zero-order valence-corrected chi connectivity index (χ0v) is 8.25. The van der Waals surface area contributed by atoms with E-state index in [1.54, 1.807) is 0 Å². The molecule has 1 unspecified atom stereocenters. The van der Waals surface area contributed by atoms with Crippen LogP contribution < -0.4 is 0 Å². The van der Waals surface area contributed by atoms with Gasteiger partial charge in [-0.15, -0.1) is 0 Å². The first-order chi connectivity index (χ1) is 5.70. The molecule has 1 rings (SSSR count). The number of hydrogen-bond acceptors (Lipinski definition) is 2. The number of hydroxylamine groups is 3. The van der Waals surface area contributed by atoms with E-state index in [0.29, 0.717) is 0 Å². The van der Waals surface area contributed by atoms with Gasteiger partial charge < -0.3 is 9.85 Å². The van der Waals surface area contributed by atoms with Crippen LogP contribution in [0.2, 0.25) is 0 Å². The van der Waals surface area contributed by atoms with Gasteiger partial charge in [-0.05, 0) is 12.8 Å². The van der Waals surface area contributed by atoms with Gasteiger partial charge in [0.15, 0.2) is 0 Å². The molecule has 1 atom stereocenters. The average molecular weight is 172 g/mol. The molecule has 0 aromatic carbocycles. The van der Waals surface area contributed by atoms with Crippen molar-refractivity contribution in [1.29, 1.82) is 0 Å². The molecular weight excluding hydrogens is 152 g/mol. The monoisotopic (exact) mass is 172 g/mol. The smallest absolute Gasteiger partial charge is 0.135 e. The number of hydrogen-bond donors (Lipinski definition) is 0. The fourth-order valence-electron chi connectivity index (χ4n) is 1.92. The minimum absolute atomic E-state index is 0.0243. The summed E-state index contributed by atoms with van der Waals surface area (Å²) in [6.07, 6.45) is 2.16. The van der Waals surface area contributed by atoms with Crippen LogP contribution in [0.5, 0.6) is 0 Å². The Hall–Kier alpha value is -0.120. The van der Waals surface area contributed by atoms with Gasteiger partial charge in [0.1, 0.15) is 6.67 Å². The minimum Gasteiger partial charge on any atom is -0.632 e. The van der Waals surface area contributed by atoms with Crippen LogP contribution in [-0.4, -0.2) is 42.4 Å². The van der Waals surface area contributed by atoms with Crippen LogP contribution in [0.25, 0.3) is 0 Å². The Morgan fingerprint density at radius 1 is 1.33 bits per heavy atom. The lowest BCUT2D eigenvalue weighted by molar-refractivity contribution is -0.872. The van der Waals surface area contributed by atoms with E-state index in [4.69, 9.17) is 0 Å². The van der Waals surface area contributed by atoms with Crippen molar-refractivity contribution < 1.29 is 4.65 Å². The van der Waals surface area contributed by atoms with Crippen molar-refractivity contribution in [3.63, 3.8) is 0 Å². The van der Waals surface area contributed by atoms with Crippen molar-refractivity contribution in [2.24, 2.45) is 0 Å². The zero-order valence-electron chi connectivity index (χ0n) is 8.25. The van der Waals surface area contributed by atoms with Gasteiger partial charge in [-0.1, -0.05) is 13.8 Å². The molecule has 72 valence electrons. The summed E-state index contributed by atoms with van der Waals surface area (Å²) >= 11 is 0. The largest absolute Gasteiger partial charge is 0.632 e. The number of nitrogens with zero attached hydrogens (tertiary/aromatic N) is 2. The summed E-state index contributed by atoms with van der Waals surface area (Å²) in [6, 6.07) is 0. The molecule has 0 N–H and O–H groups in total. The highest BCUT2D eigenvalue weighted by Crippen LogP contribution is 2.15. The SMILES string of the molecule is CCCN1CC[N+]([O-])(CCC)C1. The summed E-state index contributed by atoms with van der Waals surface area (Å²) < 4.78 is 0.0243. The summed E-state index contributed by atoms with van der Waals surface area (Å²) in [5.74, 6) is 0. The lowest BCUT2D eigenvalue weighted by Gasteiger charge is -2.38. The Labute approximate surface area is 75.1 Å². The molecule has 0 aromatic rings. The van der Waals surface area contributed by atoms with Crippen LogP contribution in [0.15, 0.2) is 0 Å². The number of quaternary nitrogens is 1. The second kappa shape index (κ2) is 4.21. The maximum atomic E-state index is 11.9. The minimum atomic E-state index is 0.0243. The normalized spacial score (nSPS) is 31.2. The van der Waals surface area contributed by atoms with Gasteiger partial charge in [-0.3, -0.25) is 4.90 Å². The van der Waals surface area contributed by atoms with E-state index in [1.165, 1.54) is 0 Å². The van der Waals surface area contributed by atoms with Crippen molar-refractivity contribution in [3.05, 3.63) is 5.21 Å². The highest BCUT2D eigenvalue weighted by atomic mass is 16.6. The molecule has 1 saturated heterocycles. The summed E-state index contributed by atoms with van der Waals surface area (Å²) in [7, 11) is 0. The highest BCUT2D eigenvalue weighted by molar-refractivity contribution is 4.61. The Bertz CT molecular complexity index is 140. The third kappa shape index (κ3) is 2.44. The Balaban J connectivity index is 2.32. The van der Waals surface area contributed by atoms with E-state index in [1.807, 2.05) is 0 Å². The molecule has 0 bridgehead atoms. The van der Waals surface area contributed by atoms with Crippen LogP contribution in [0.1, 0.15) is 26.7 Å². The van der Waals surface area contributed by atoms with E-state index >= 15 is 0 Å². The van der Waals surface area contributed by atoms with Crippen molar-refractivity contribution in [1.82, 2.24) is 4.90 Å². The van der Waals surface area contributed by atoms with Crippen LogP contribution in [-0.2, 0) is 0 Å². The lowest BCUT2D eigenvalue weighted by Crippen LogP contribution is -2.41. The van der Waals surface area contributed by atoms with Gasteiger partial charge in [0.25, 0.3) is 0 Å². The van der Waals surface area contributed by atoms with Gasteiger partial charge in [0, 0.05) is 6.54 Å². The maximum Gasteiger partial charge on any atom is 0.135 e. The molecule has 3 nitrogen and oxygen atoms in total. The van der Waals surface area contributed by atoms with E-state index < -0.39 is 0 Å². The van der Waals surface area contributed by atoms with E-state index in [0.717, 1.165) is 45.7 Å². The maximum absolute atomic E-state index is 11.9. The molecule has 0 radical (unpaired) electrons. The Kier molecular flexibility index (Phi) is 3.50. The van der Waals surface area contributed by atoms with Gasteiger partial charge in [0.2, 0.25) is 0 Å². The lowest BCUT2D eigenvalue weighted by atomic mass is 10.4. The summed E-state index contributed by atoms with van der Waals surface area (Å²) in [5, 5.41) is 11.9. The molecule has 0 aliphatic carbocycles. The Morgan fingerprint density at radius 3 is 2.67 bits per heavy atom. The summed E-state index contributed by atoms with van der Waals surface area (Å²) in [6.45, 7) is 8.65. The van der Waals surface area contributed by atoms with Crippen LogP contribution in [0.3, 0.4) is 0 Å². The van der Waals surface area contributed by atoms with Gasteiger partial charge in [0.05, 0.1) is 19.6 Å². The molecule has 0 amide bonds. The fourth-order valence-corrected chi connectivity index (χ4v) is 1.92. The molecule has 12 heavy (non-hydrogen) atoms. The number of rotatable bonds is 4. The molecule has 1 fully saturated rings. The highest BCUT2D eigenvalue weighted by Gasteiger charge is 2.27. The molecule has 1 aliphatic heterocycles. The Morgan fingerprint density at radius 2 is 2.08 bits per heavy atom. The molecule has 0 saturated carbocycles. The third-order valence-corrected chi connectivity index (χ3v) is 2.45. The van der Waals surface area contributed by atoms with Crippen molar-refractivity contribution >= 4 is 0 Å². The second-order valence-corrected chi connectivity index (χ2v) is 3.76. The molecule has 1 aliphatic rings. The van der Waals surface area contributed by atoms with Gasteiger partial charge in [-0.25, -0.2) is 0 Å². The predicted octanol–water partition coefficient (Wildman–Crippen LogP) is 1.39. The summed E-state index contributed by atoms with van der Waals surface area (Å²) in [5.41, 5.74) is 0. The first-order valence-corrected chi connectivity index (χ1v) is 4.99. The third-order valence-electron chi connectivity index (χ3n) is 2.45. The fraction of sp³-hybridized carbons (Fsp3) is 1.00. The zero-order chi connectivity index (χ0) is 9.03. The van der Waals surface area contributed by atoms with E-state index in [9.17, 15) is 5.21 Å². The van der Waals surface area contributed by atoms with Crippen molar-refractivity contribution in [3.8, 4) is 0 Å². The molecular formula is C9H20N2O. The second-order valence-electron chi connectivity index (χ2n) is 3.76. The molecule has 0 spiro atoms. The quantitative estimate of drug-likeness (QED) is 0.473. The van der Waals surface area contributed by atoms with Crippen LogP contribution in [0, 0.1) is 5.21 Å². The first kappa shape index (κ1) is 9.96. The van der Waals surface area contributed by atoms with E-state index in [2.05, 4.69) is 18.7 Å². The standard InChI is InChI=1S/C9H20N2O/c1-3-5-10-6-8-11(12,9-10)7-4-2/h3-9H2,1-2H3. The molecule has 3 heteroatoms. The van der Waals surface area contributed by atoms with Gasteiger partial charge in [-0.2, -0.15) is 0 Å². The van der Waals surface area contributed by atoms with Gasteiger partial charge >= 0.3 is 0 Å². The van der Waals surface area contributed by atoms with Crippen molar-refractivity contribution in [2.75, 3.05) is 32.8 Å². The first-order valence-electron chi connectivity index (χ1n) is 4.99.